The van der Waals surface area contributed by atoms with E-state index in [1.165, 1.54) is 7.11 Å². The number of aryl methyl sites for hydroxylation is 1. The number of hydrogen-bond donors (Lipinski definition) is 2. The van der Waals surface area contributed by atoms with E-state index in [1.54, 1.807) is 31.2 Å². The van der Waals surface area contributed by atoms with Gasteiger partial charge >= 0.3 is 11.9 Å². The number of ether oxygens (including phenoxy) is 2. The van der Waals surface area contributed by atoms with Crippen LogP contribution in [0.3, 0.4) is 0 Å². The topological polar surface area (TPSA) is 122 Å². The summed E-state index contributed by atoms with van der Waals surface area (Å²) in [6, 6.07) is 16.2. The molecule has 10 heteroatoms. The molecule has 2 aromatic rings. The van der Waals surface area contributed by atoms with Crippen LogP contribution in [0.15, 0.2) is 59.5 Å². The molecule has 5 atom stereocenters. The lowest BCUT2D eigenvalue weighted by Crippen LogP contribution is -2.67. The second-order valence-electron chi connectivity index (χ2n) is 10.1. The predicted octanol–water partition coefficient (Wildman–Crippen LogP) is 2.27. The fourth-order valence-corrected chi connectivity index (χ4v) is 7.24. The van der Waals surface area contributed by atoms with Gasteiger partial charge in [-0.2, -0.15) is 0 Å². The minimum absolute atomic E-state index is 0.0628. The number of methoxy groups -OCH3 is 1. The van der Waals surface area contributed by atoms with Crippen molar-refractivity contribution >= 4 is 22.0 Å². The van der Waals surface area contributed by atoms with Crippen molar-refractivity contribution in [3.63, 3.8) is 0 Å². The van der Waals surface area contributed by atoms with Gasteiger partial charge in [0.2, 0.25) is 10.0 Å². The number of sulfonamides is 1. The van der Waals surface area contributed by atoms with E-state index < -0.39 is 45.4 Å². The second kappa shape index (κ2) is 11.5. The standard InChI is InChI=1S/C28H36N2O7S/c1-4-37-27(33)28-24(14-15-29-38(34,35)22-12-10-19(2)11-13-22)21(16-23(25(28)31)26(32)36-3)18-30(28)17-20-8-6-5-7-9-20/h5-13,21,23-25,29,31H,4,14-18H2,1-3H3/t21-,23+,24-,25+,28+/m1/s1. The van der Waals surface area contributed by atoms with Gasteiger partial charge in [-0.1, -0.05) is 48.0 Å². The minimum Gasteiger partial charge on any atom is -0.469 e. The van der Waals surface area contributed by atoms with Crippen LogP contribution in [-0.2, 0) is 35.6 Å². The minimum atomic E-state index is -3.76. The van der Waals surface area contributed by atoms with Crippen molar-refractivity contribution in [1.29, 1.82) is 0 Å². The summed E-state index contributed by atoms with van der Waals surface area (Å²) in [6.07, 6.45) is -0.768. The number of likely N-dealkylation sites (tertiary alicyclic amines) is 1. The van der Waals surface area contributed by atoms with Gasteiger partial charge in [0.15, 0.2) is 0 Å². The van der Waals surface area contributed by atoms with Crippen LogP contribution >= 0.6 is 0 Å². The first-order chi connectivity index (χ1) is 18.1. The van der Waals surface area contributed by atoms with E-state index >= 15 is 0 Å². The van der Waals surface area contributed by atoms with Crippen LogP contribution in [0.5, 0.6) is 0 Å². The first-order valence-corrected chi connectivity index (χ1v) is 14.4. The lowest BCUT2D eigenvalue weighted by molar-refractivity contribution is -0.182. The maximum Gasteiger partial charge on any atom is 0.329 e. The Morgan fingerprint density at radius 3 is 2.45 bits per heavy atom. The molecule has 0 amide bonds. The molecule has 9 nitrogen and oxygen atoms in total. The average Bonchev–Trinajstić information content (AvgIpc) is 3.13. The van der Waals surface area contributed by atoms with Gasteiger partial charge < -0.3 is 14.6 Å². The number of hydrogen-bond acceptors (Lipinski definition) is 8. The lowest BCUT2D eigenvalue weighted by atomic mass is 9.63. The summed E-state index contributed by atoms with van der Waals surface area (Å²) in [7, 11) is -2.50. The van der Waals surface area contributed by atoms with Gasteiger partial charge in [0, 0.05) is 19.6 Å². The van der Waals surface area contributed by atoms with E-state index in [-0.39, 0.29) is 30.4 Å². The third-order valence-electron chi connectivity index (χ3n) is 7.90. The highest BCUT2D eigenvalue weighted by molar-refractivity contribution is 7.89. The van der Waals surface area contributed by atoms with Crippen molar-refractivity contribution in [1.82, 2.24) is 9.62 Å². The van der Waals surface area contributed by atoms with E-state index in [9.17, 15) is 23.1 Å². The Kier molecular flexibility index (Phi) is 8.56. The molecule has 0 radical (unpaired) electrons. The molecule has 2 fully saturated rings. The molecule has 206 valence electrons. The monoisotopic (exact) mass is 544 g/mol. The molecule has 2 bridgehead atoms. The van der Waals surface area contributed by atoms with Crippen LogP contribution in [0.2, 0.25) is 0 Å². The summed E-state index contributed by atoms with van der Waals surface area (Å²) in [4.78, 5) is 28.5. The third kappa shape index (κ3) is 5.22. The molecule has 0 unspecified atom stereocenters. The second-order valence-corrected chi connectivity index (χ2v) is 11.9. The van der Waals surface area contributed by atoms with Crippen molar-refractivity contribution in [2.24, 2.45) is 17.8 Å². The molecular formula is C28H36N2O7S. The van der Waals surface area contributed by atoms with Crippen molar-refractivity contribution in [2.75, 3.05) is 26.8 Å². The van der Waals surface area contributed by atoms with Gasteiger partial charge in [0.1, 0.15) is 5.54 Å². The lowest BCUT2D eigenvalue weighted by Gasteiger charge is -2.48. The molecule has 1 heterocycles. The summed E-state index contributed by atoms with van der Waals surface area (Å²) in [6.45, 7) is 4.56. The average molecular weight is 545 g/mol. The maximum absolute atomic E-state index is 13.8. The van der Waals surface area contributed by atoms with Gasteiger partial charge in [-0.3, -0.25) is 9.69 Å². The van der Waals surface area contributed by atoms with E-state index in [4.69, 9.17) is 9.47 Å². The number of aliphatic hydroxyl groups excluding tert-OH is 1. The molecule has 1 aliphatic heterocycles. The third-order valence-corrected chi connectivity index (χ3v) is 9.38. The summed E-state index contributed by atoms with van der Waals surface area (Å²) in [5.41, 5.74) is 0.374. The highest BCUT2D eigenvalue weighted by Crippen LogP contribution is 2.53. The Labute approximate surface area is 224 Å². The molecule has 1 saturated heterocycles. The quantitative estimate of drug-likeness (QED) is 0.437. The molecule has 0 spiro atoms. The van der Waals surface area contributed by atoms with E-state index in [0.29, 0.717) is 19.5 Å². The van der Waals surface area contributed by atoms with Crippen LogP contribution in [-0.4, -0.2) is 68.8 Å². The van der Waals surface area contributed by atoms with Crippen LogP contribution in [0.25, 0.3) is 0 Å². The zero-order valence-electron chi connectivity index (χ0n) is 22.0. The Bertz CT molecular complexity index is 1240. The molecule has 1 aliphatic carbocycles. The molecule has 1 saturated carbocycles. The van der Waals surface area contributed by atoms with Crippen LogP contribution in [0.4, 0.5) is 0 Å². The fourth-order valence-electron chi connectivity index (χ4n) is 6.19. The Morgan fingerprint density at radius 1 is 1.13 bits per heavy atom. The zero-order valence-corrected chi connectivity index (χ0v) is 22.8. The summed E-state index contributed by atoms with van der Waals surface area (Å²) >= 11 is 0. The SMILES string of the molecule is CCOC(=O)[C@]12[C@H](CCNS(=O)(=O)c3ccc(C)cc3)[C@H](C[C@H](C(=O)OC)[C@@H]1O)CN2Cc1ccccc1. The van der Waals surface area contributed by atoms with Crippen LogP contribution in [0.1, 0.15) is 30.9 Å². The van der Waals surface area contributed by atoms with Crippen molar-refractivity contribution in [2.45, 2.75) is 49.8 Å². The Balaban J connectivity index is 1.66. The summed E-state index contributed by atoms with van der Waals surface area (Å²) in [5.74, 6) is -2.67. The number of esters is 2. The van der Waals surface area contributed by atoms with E-state index in [2.05, 4.69) is 4.72 Å². The molecule has 2 N–H and O–H groups in total. The molecule has 4 rings (SSSR count). The highest BCUT2D eigenvalue weighted by Gasteiger charge is 2.68. The summed E-state index contributed by atoms with van der Waals surface area (Å²) < 4.78 is 39.0. The molecular weight excluding hydrogens is 508 g/mol. The number of nitrogens with one attached hydrogen (secondary N) is 1. The van der Waals surface area contributed by atoms with E-state index in [0.717, 1.165) is 11.1 Å². The molecule has 0 aromatic heterocycles. The van der Waals surface area contributed by atoms with Gasteiger partial charge in [0.05, 0.1) is 30.6 Å². The number of carbonyl (C=O) groups excluding carboxylic acids is 2. The van der Waals surface area contributed by atoms with Crippen molar-refractivity contribution < 1.29 is 32.6 Å². The number of carbonyl (C=O) groups is 2. The van der Waals surface area contributed by atoms with Crippen molar-refractivity contribution in [3.05, 3.63) is 65.7 Å². The van der Waals surface area contributed by atoms with Gasteiger partial charge in [-0.05, 0) is 56.2 Å². The Morgan fingerprint density at radius 2 is 1.82 bits per heavy atom. The normalized spacial score (nSPS) is 27.2. The molecule has 2 aromatic carbocycles. The summed E-state index contributed by atoms with van der Waals surface area (Å²) in [5, 5.41) is 11.7. The van der Waals surface area contributed by atoms with Gasteiger partial charge in [0.25, 0.3) is 0 Å². The van der Waals surface area contributed by atoms with Crippen LogP contribution < -0.4 is 4.72 Å². The highest BCUT2D eigenvalue weighted by atomic mass is 32.2. The Hall–Kier alpha value is -2.79. The number of fused-ring (bicyclic) bond motifs is 2. The van der Waals surface area contributed by atoms with E-state index in [1.807, 2.05) is 42.2 Å². The van der Waals surface area contributed by atoms with Gasteiger partial charge in [-0.15, -0.1) is 0 Å². The molecule has 2 aliphatic rings. The van der Waals surface area contributed by atoms with Crippen LogP contribution in [0, 0.1) is 24.7 Å². The maximum atomic E-state index is 13.8. The number of nitrogens with zero attached hydrogens (tertiary/aromatic N) is 1. The number of benzene rings is 2. The molecule has 38 heavy (non-hydrogen) atoms. The fraction of sp³-hybridized carbons (Fsp3) is 0.500. The first-order valence-electron chi connectivity index (χ1n) is 12.9. The first kappa shape index (κ1) is 28.2. The largest absolute Gasteiger partial charge is 0.469 e. The predicted molar refractivity (Wildman–Crippen MR) is 140 cm³/mol. The zero-order chi connectivity index (χ0) is 27.5. The number of rotatable bonds is 10. The van der Waals surface area contributed by atoms with Gasteiger partial charge in [-0.25, -0.2) is 17.9 Å². The smallest absolute Gasteiger partial charge is 0.329 e. The van der Waals surface area contributed by atoms with Crippen molar-refractivity contribution in [3.8, 4) is 0 Å². The number of aliphatic hydroxyl groups is 1.